The van der Waals surface area contributed by atoms with Gasteiger partial charge in [-0.2, -0.15) is 5.26 Å². The van der Waals surface area contributed by atoms with Gasteiger partial charge in [0.15, 0.2) is 0 Å². The van der Waals surface area contributed by atoms with E-state index < -0.39 is 36.2 Å². The highest BCUT2D eigenvalue weighted by molar-refractivity contribution is 5.81. The largest absolute Gasteiger partial charge is 0.377 e. The second-order valence-electron chi connectivity index (χ2n) is 5.47. The molecule has 1 unspecified atom stereocenters. The molecule has 1 heterocycles. The second kappa shape index (κ2) is 8.62. The normalized spacial score (nSPS) is 19.7. The van der Waals surface area contributed by atoms with Crippen molar-refractivity contribution in [3.63, 3.8) is 0 Å². The van der Waals surface area contributed by atoms with Crippen molar-refractivity contribution in [2.24, 2.45) is 11.7 Å². The molecule has 0 aromatic carbocycles. The van der Waals surface area contributed by atoms with Gasteiger partial charge in [-0.25, -0.2) is 13.6 Å². The first-order valence-corrected chi connectivity index (χ1v) is 7.48. The zero-order valence-electron chi connectivity index (χ0n) is 13.1. The molecule has 7 nitrogen and oxygen atoms in total. The van der Waals surface area contributed by atoms with Crippen LogP contribution in [0.2, 0.25) is 0 Å². The maximum Gasteiger partial charge on any atom is 0.315 e. The Bertz CT molecular complexity index is 467. The standard InChI is InChI=1S/C14H22F2N4O3/c1-2-3-14(15,16)8-10(12(21)19-5-4-17)11-9-23-7-6-20(11)13(18)22/h10-11H,2-3,5-9H2,1H3,(H2,18,22)(H,19,21)/t10-,11?/m0/s1. The van der Waals surface area contributed by atoms with Crippen LogP contribution in [0.1, 0.15) is 26.2 Å². The number of amides is 3. The van der Waals surface area contributed by atoms with Crippen molar-refractivity contribution in [1.29, 1.82) is 5.26 Å². The Kier molecular flexibility index (Phi) is 7.16. The maximum atomic E-state index is 14.0. The van der Waals surface area contributed by atoms with E-state index in [1.54, 1.807) is 13.0 Å². The summed E-state index contributed by atoms with van der Waals surface area (Å²) >= 11 is 0. The van der Waals surface area contributed by atoms with Crippen LogP contribution in [0.4, 0.5) is 13.6 Å². The number of ether oxygens (including phenoxy) is 1. The Morgan fingerprint density at radius 1 is 1.57 bits per heavy atom. The number of hydrogen-bond acceptors (Lipinski definition) is 4. The smallest absolute Gasteiger partial charge is 0.315 e. The van der Waals surface area contributed by atoms with Crippen LogP contribution in [-0.2, 0) is 9.53 Å². The molecule has 0 bridgehead atoms. The molecule has 3 N–H and O–H groups in total. The van der Waals surface area contributed by atoms with E-state index in [4.69, 9.17) is 15.7 Å². The van der Waals surface area contributed by atoms with E-state index in [1.165, 1.54) is 4.90 Å². The van der Waals surface area contributed by atoms with Crippen LogP contribution in [0, 0.1) is 17.2 Å². The number of halogens is 2. The lowest BCUT2D eigenvalue weighted by Gasteiger charge is -2.39. The molecule has 1 aliphatic rings. The molecule has 0 spiro atoms. The Labute approximate surface area is 133 Å². The molecule has 9 heteroatoms. The Morgan fingerprint density at radius 3 is 2.83 bits per heavy atom. The number of primary amides is 1. The van der Waals surface area contributed by atoms with Gasteiger partial charge in [-0.3, -0.25) is 4.79 Å². The molecule has 2 atom stereocenters. The van der Waals surface area contributed by atoms with Gasteiger partial charge in [0.1, 0.15) is 6.54 Å². The number of carbonyl (C=O) groups is 2. The highest BCUT2D eigenvalue weighted by Gasteiger charge is 2.43. The average molecular weight is 332 g/mol. The molecule has 130 valence electrons. The minimum absolute atomic E-state index is 0.0458. The predicted molar refractivity (Wildman–Crippen MR) is 77.5 cm³/mol. The number of urea groups is 1. The molecular weight excluding hydrogens is 310 g/mol. The van der Waals surface area contributed by atoms with Crippen molar-refractivity contribution in [2.75, 3.05) is 26.3 Å². The zero-order valence-corrected chi connectivity index (χ0v) is 13.1. The van der Waals surface area contributed by atoms with E-state index in [0.717, 1.165) is 0 Å². The van der Waals surface area contributed by atoms with E-state index in [9.17, 15) is 18.4 Å². The zero-order chi connectivity index (χ0) is 17.5. The average Bonchev–Trinajstić information content (AvgIpc) is 2.50. The molecule has 1 fully saturated rings. The molecule has 3 amide bonds. The Morgan fingerprint density at radius 2 is 2.26 bits per heavy atom. The van der Waals surface area contributed by atoms with E-state index >= 15 is 0 Å². The lowest BCUT2D eigenvalue weighted by molar-refractivity contribution is -0.135. The number of morpholine rings is 1. The number of nitriles is 1. The first kappa shape index (κ1) is 19.1. The molecule has 0 aromatic heterocycles. The lowest BCUT2D eigenvalue weighted by Crippen LogP contribution is -2.57. The van der Waals surface area contributed by atoms with Gasteiger partial charge in [-0.15, -0.1) is 0 Å². The van der Waals surface area contributed by atoms with E-state index in [-0.39, 0.29) is 39.1 Å². The van der Waals surface area contributed by atoms with Gasteiger partial charge >= 0.3 is 6.03 Å². The quantitative estimate of drug-likeness (QED) is 0.674. The van der Waals surface area contributed by atoms with Crippen molar-refractivity contribution in [3.05, 3.63) is 0 Å². The van der Waals surface area contributed by atoms with Gasteiger partial charge in [0.05, 0.1) is 31.2 Å². The molecule has 1 aliphatic heterocycles. The van der Waals surface area contributed by atoms with Crippen LogP contribution in [0.25, 0.3) is 0 Å². The third kappa shape index (κ3) is 5.63. The van der Waals surface area contributed by atoms with Crippen LogP contribution < -0.4 is 11.1 Å². The third-order valence-electron chi connectivity index (χ3n) is 3.73. The number of nitrogens with zero attached hydrogens (tertiary/aromatic N) is 2. The topological polar surface area (TPSA) is 108 Å². The van der Waals surface area contributed by atoms with Gasteiger partial charge in [-0.1, -0.05) is 13.3 Å². The van der Waals surface area contributed by atoms with Crippen LogP contribution in [0.5, 0.6) is 0 Å². The summed E-state index contributed by atoms with van der Waals surface area (Å²) < 4.78 is 33.3. The first-order valence-electron chi connectivity index (χ1n) is 7.48. The number of alkyl halides is 2. The number of hydrogen-bond donors (Lipinski definition) is 2. The SMILES string of the molecule is CCCC(F)(F)C[C@H](C(=O)NCC#N)C1COCCN1C(N)=O. The minimum atomic E-state index is -3.05. The van der Waals surface area contributed by atoms with Gasteiger partial charge in [0.2, 0.25) is 11.8 Å². The molecule has 0 saturated carbocycles. The van der Waals surface area contributed by atoms with Crippen molar-refractivity contribution in [3.8, 4) is 6.07 Å². The predicted octanol–water partition coefficient (Wildman–Crippen LogP) is 0.847. The number of carbonyl (C=O) groups excluding carboxylic acids is 2. The summed E-state index contributed by atoms with van der Waals surface area (Å²) in [6.07, 6.45) is -0.824. The number of nitrogens with one attached hydrogen (secondary N) is 1. The van der Waals surface area contributed by atoms with E-state index in [0.29, 0.717) is 0 Å². The summed E-state index contributed by atoms with van der Waals surface area (Å²) in [5.74, 6) is -4.95. The fourth-order valence-corrected chi connectivity index (χ4v) is 2.68. The summed E-state index contributed by atoms with van der Waals surface area (Å²) in [5, 5.41) is 10.8. The van der Waals surface area contributed by atoms with Gasteiger partial charge in [-0.05, 0) is 0 Å². The molecule has 1 saturated heterocycles. The molecule has 0 aliphatic carbocycles. The fraction of sp³-hybridized carbons (Fsp3) is 0.786. The number of rotatable bonds is 7. The summed E-state index contributed by atoms with van der Waals surface area (Å²) in [6, 6.07) is 0.0677. The molecule has 0 radical (unpaired) electrons. The summed E-state index contributed by atoms with van der Waals surface area (Å²) in [6.45, 7) is 1.66. The second-order valence-corrected chi connectivity index (χ2v) is 5.47. The van der Waals surface area contributed by atoms with Crippen LogP contribution in [-0.4, -0.2) is 55.1 Å². The molecule has 23 heavy (non-hydrogen) atoms. The summed E-state index contributed by atoms with van der Waals surface area (Å²) in [4.78, 5) is 24.9. The van der Waals surface area contributed by atoms with E-state index in [2.05, 4.69) is 5.32 Å². The minimum Gasteiger partial charge on any atom is -0.377 e. The molecule has 1 rings (SSSR count). The first-order chi connectivity index (χ1) is 10.8. The van der Waals surface area contributed by atoms with Crippen molar-refractivity contribution in [1.82, 2.24) is 10.2 Å². The fourth-order valence-electron chi connectivity index (χ4n) is 2.68. The highest BCUT2D eigenvalue weighted by atomic mass is 19.3. The van der Waals surface area contributed by atoms with Gasteiger partial charge in [0, 0.05) is 19.4 Å². The Balaban J connectivity index is 2.99. The van der Waals surface area contributed by atoms with Crippen LogP contribution in [0.15, 0.2) is 0 Å². The molecular formula is C14H22F2N4O3. The van der Waals surface area contributed by atoms with Crippen LogP contribution in [0.3, 0.4) is 0 Å². The number of nitrogens with two attached hydrogens (primary N) is 1. The summed E-state index contributed by atoms with van der Waals surface area (Å²) in [7, 11) is 0. The monoisotopic (exact) mass is 332 g/mol. The highest BCUT2D eigenvalue weighted by Crippen LogP contribution is 2.32. The maximum absolute atomic E-state index is 14.0. The van der Waals surface area contributed by atoms with Crippen molar-refractivity contribution >= 4 is 11.9 Å². The van der Waals surface area contributed by atoms with Crippen molar-refractivity contribution < 1.29 is 23.1 Å². The van der Waals surface area contributed by atoms with Gasteiger partial charge < -0.3 is 20.7 Å². The third-order valence-corrected chi connectivity index (χ3v) is 3.73. The Hall–Kier alpha value is -1.95. The van der Waals surface area contributed by atoms with E-state index in [1.807, 2.05) is 0 Å². The lowest BCUT2D eigenvalue weighted by atomic mass is 9.89. The van der Waals surface area contributed by atoms with Gasteiger partial charge in [0.25, 0.3) is 0 Å². The molecule has 0 aromatic rings. The van der Waals surface area contributed by atoms with Crippen LogP contribution >= 0.6 is 0 Å². The summed E-state index contributed by atoms with van der Waals surface area (Å²) in [5.41, 5.74) is 5.28. The van der Waals surface area contributed by atoms with Crippen molar-refractivity contribution in [2.45, 2.75) is 38.2 Å².